The normalized spacial score (nSPS) is 16.5. The highest BCUT2D eigenvalue weighted by atomic mass is 32.2. The van der Waals surface area contributed by atoms with Crippen LogP contribution in [0.15, 0.2) is 17.2 Å². The molecule has 0 radical (unpaired) electrons. The topological polar surface area (TPSA) is 131 Å². The van der Waals surface area contributed by atoms with Gasteiger partial charge >= 0.3 is 5.97 Å². The van der Waals surface area contributed by atoms with Crippen molar-refractivity contribution in [3.63, 3.8) is 0 Å². The molecule has 1 amide bonds. The minimum absolute atomic E-state index is 0.120. The Hall–Kier alpha value is -1.87. The van der Waals surface area contributed by atoms with Gasteiger partial charge in [0.15, 0.2) is 0 Å². The van der Waals surface area contributed by atoms with Crippen molar-refractivity contribution in [1.29, 1.82) is 0 Å². The first kappa shape index (κ1) is 15.5. The first-order valence-corrected chi connectivity index (χ1v) is 7.95. The summed E-state index contributed by atoms with van der Waals surface area (Å²) in [6, 6.07) is 0.734. The standard InChI is InChI=1S/C12H17N3O5S/c1-15-6-8(21(13,19)20)4-10(15)12(18)14-9(5-11(16)17)7-2-3-7/h4,6-7,9H,2-3,5H2,1H3,(H,14,18)(H,16,17)(H2,13,19,20). The maximum Gasteiger partial charge on any atom is 0.305 e. The molecule has 0 saturated heterocycles. The summed E-state index contributed by atoms with van der Waals surface area (Å²) in [4.78, 5) is 22.8. The lowest BCUT2D eigenvalue weighted by Crippen LogP contribution is -2.38. The maximum absolute atomic E-state index is 12.2. The van der Waals surface area contributed by atoms with Crippen molar-refractivity contribution in [1.82, 2.24) is 9.88 Å². The number of nitrogens with zero attached hydrogens (tertiary/aromatic N) is 1. The van der Waals surface area contributed by atoms with E-state index in [0.29, 0.717) is 0 Å². The number of carbonyl (C=O) groups excluding carboxylic acids is 1. The molecule has 1 aromatic rings. The second-order valence-corrected chi connectivity index (χ2v) is 6.79. The molecule has 1 atom stereocenters. The number of hydrogen-bond donors (Lipinski definition) is 3. The zero-order valence-electron chi connectivity index (χ0n) is 11.4. The summed E-state index contributed by atoms with van der Waals surface area (Å²) in [5.41, 5.74) is 0.120. The Balaban J connectivity index is 2.16. The molecule has 4 N–H and O–H groups in total. The van der Waals surface area contributed by atoms with E-state index in [4.69, 9.17) is 10.2 Å². The minimum Gasteiger partial charge on any atom is -0.481 e. The molecule has 116 valence electrons. The molecular weight excluding hydrogens is 298 g/mol. The number of carbonyl (C=O) groups is 2. The van der Waals surface area contributed by atoms with Gasteiger partial charge in [-0.25, -0.2) is 13.6 Å². The van der Waals surface area contributed by atoms with Gasteiger partial charge in [-0.15, -0.1) is 0 Å². The van der Waals surface area contributed by atoms with Gasteiger partial charge in [0.1, 0.15) is 10.6 Å². The van der Waals surface area contributed by atoms with Gasteiger partial charge in [0.25, 0.3) is 5.91 Å². The number of rotatable bonds is 6. The Morgan fingerprint density at radius 1 is 1.52 bits per heavy atom. The summed E-state index contributed by atoms with van der Waals surface area (Å²) in [5, 5.41) is 16.5. The highest BCUT2D eigenvalue weighted by Gasteiger charge is 2.34. The first-order chi connectivity index (χ1) is 9.68. The van der Waals surface area contributed by atoms with Crippen molar-refractivity contribution < 1.29 is 23.1 Å². The van der Waals surface area contributed by atoms with Crippen LogP contribution < -0.4 is 10.5 Å². The van der Waals surface area contributed by atoms with Gasteiger partial charge in [-0.1, -0.05) is 0 Å². The number of carboxylic acid groups (broad SMARTS) is 1. The smallest absolute Gasteiger partial charge is 0.305 e. The van der Waals surface area contributed by atoms with Crippen LogP contribution in [0.4, 0.5) is 0 Å². The molecule has 1 unspecified atom stereocenters. The van der Waals surface area contributed by atoms with E-state index in [1.165, 1.54) is 23.9 Å². The third-order valence-electron chi connectivity index (χ3n) is 3.44. The molecule has 21 heavy (non-hydrogen) atoms. The maximum atomic E-state index is 12.2. The third kappa shape index (κ3) is 3.82. The van der Waals surface area contributed by atoms with Gasteiger partial charge in [0.05, 0.1) is 6.42 Å². The molecule has 1 aliphatic carbocycles. The van der Waals surface area contributed by atoms with E-state index in [-0.39, 0.29) is 22.9 Å². The monoisotopic (exact) mass is 315 g/mol. The molecule has 9 heteroatoms. The SMILES string of the molecule is Cn1cc(S(N)(=O)=O)cc1C(=O)NC(CC(=O)O)C1CC1. The van der Waals surface area contributed by atoms with Gasteiger partial charge in [-0.3, -0.25) is 9.59 Å². The van der Waals surface area contributed by atoms with E-state index < -0.39 is 27.9 Å². The highest BCUT2D eigenvalue weighted by Crippen LogP contribution is 2.34. The fourth-order valence-corrected chi connectivity index (χ4v) is 2.76. The van der Waals surface area contributed by atoms with E-state index in [9.17, 15) is 18.0 Å². The van der Waals surface area contributed by atoms with Gasteiger partial charge < -0.3 is 15.0 Å². The van der Waals surface area contributed by atoms with Crippen LogP contribution in [-0.4, -0.2) is 36.0 Å². The molecule has 1 fully saturated rings. The third-order valence-corrected chi connectivity index (χ3v) is 4.32. The van der Waals surface area contributed by atoms with E-state index >= 15 is 0 Å². The van der Waals surface area contributed by atoms with Crippen molar-refractivity contribution in [2.45, 2.75) is 30.2 Å². The lowest BCUT2D eigenvalue weighted by molar-refractivity contribution is -0.137. The number of primary sulfonamides is 1. The number of amides is 1. The second-order valence-electron chi connectivity index (χ2n) is 5.23. The molecule has 1 aromatic heterocycles. The molecular formula is C12H17N3O5S. The van der Waals surface area contributed by atoms with E-state index in [1.807, 2.05) is 0 Å². The number of aliphatic carboxylic acids is 1. The Bertz CT molecular complexity index is 675. The number of aromatic nitrogens is 1. The largest absolute Gasteiger partial charge is 0.481 e. The molecule has 0 bridgehead atoms. The van der Waals surface area contributed by atoms with Gasteiger partial charge in [-0.05, 0) is 24.8 Å². The fraction of sp³-hybridized carbons (Fsp3) is 0.500. The zero-order valence-corrected chi connectivity index (χ0v) is 12.3. The Labute approximate surface area is 122 Å². The average molecular weight is 315 g/mol. The molecule has 1 saturated carbocycles. The summed E-state index contributed by atoms with van der Waals surface area (Å²) in [6.45, 7) is 0. The predicted molar refractivity (Wildman–Crippen MR) is 73.0 cm³/mol. The van der Waals surface area contributed by atoms with Crippen LogP contribution in [0, 0.1) is 5.92 Å². The van der Waals surface area contributed by atoms with E-state index in [0.717, 1.165) is 12.8 Å². The Morgan fingerprint density at radius 3 is 2.57 bits per heavy atom. The van der Waals surface area contributed by atoms with Crippen LogP contribution in [0.25, 0.3) is 0 Å². The highest BCUT2D eigenvalue weighted by molar-refractivity contribution is 7.89. The molecule has 0 aromatic carbocycles. The summed E-state index contributed by atoms with van der Waals surface area (Å²) < 4.78 is 23.9. The van der Waals surface area contributed by atoms with Crippen LogP contribution in [0.2, 0.25) is 0 Å². The quantitative estimate of drug-likeness (QED) is 0.660. The number of carboxylic acids is 1. The average Bonchev–Trinajstić information content (AvgIpc) is 3.09. The number of nitrogens with two attached hydrogens (primary N) is 1. The molecule has 1 heterocycles. The molecule has 2 rings (SSSR count). The zero-order chi connectivity index (χ0) is 15.8. The minimum atomic E-state index is -3.88. The van der Waals surface area contributed by atoms with Crippen LogP contribution in [0.1, 0.15) is 29.8 Å². The number of nitrogens with one attached hydrogen (secondary N) is 1. The van der Waals surface area contributed by atoms with Crippen LogP contribution in [0.5, 0.6) is 0 Å². The molecule has 1 aliphatic rings. The van der Waals surface area contributed by atoms with Crippen LogP contribution in [-0.2, 0) is 21.9 Å². The lowest BCUT2D eigenvalue weighted by atomic mass is 10.1. The van der Waals surface area contributed by atoms with Crippen molar-refractivity contribution in [3.05, 3.63) is 18.0 Å². The van der Waals surface area contributed by atoms with Crippen LogP contribution >= 0.6 is 0 Å². The van der Waals surface area contributed by atoms with Crippen molar-refractivity contribution in [2.24, 2.45) is 18.1 Å². The van der Waals surface area contributed by atoms with E-state index in [2.05, 4.69) is 5.32 Å². The molecule has 0 spiro atoms. The summed E-state index contributed by atoms with van der Waals surface area (Å²) in [7, 11) is -2.36. The summed E-state index contributed by atoms with van der Waals surface area (Å²) in [6.07, 6.45) is 2.86. The van der Waals surface area contributed by atoms with Crippen molar-refractivity contribution in [2.75, 3.05) is 0 Å². The van der Waals surface area contributed by atoms with Gasteiger partial charge in [0, 0.05) is 19.3 Å². The molecule has 0 aliphatic heterocycles. The fourth-order valence-electron chi connectivity index (χ4n) is 2.18. The molecule has 8 nitrogen and oxygen atoms in total. The second kappa shape index (κ2) is 5.49. The van der Waals surface area contributed by atoms with Gasteiger partial charge in [0.2, 0.25) is 10.0 Å². The van der Waals surface area contributed by atoms with Crippen LogP contribution in [0.3, 0.4) is 0 Å². The van der Waals surface area contributed by atoms with Crippen molar-refractivity contribution in [3.8, 4) is 0 Å². The summed E-state index contributed by atoms with van der Waals surface area (Å²) >= 11 is 0. The van der Waals surface area contributed by atoms with Gasteiger partial charge in [-0.2, -0.15) is 0 Å². The Morgan fingerprint density at radius 2 is 2.14 bits per heavy atom. The number of hydrogen-bond acceptors (Lipinski definition) is 4. The Kier molecular flexibility index (Phi) is 4.06. The number of aryl methyl sites for hydroxylation is 1. The predicted octanol–water partition coefficient (Wildman–Crippen LogP) is -0.344. The van der Waals surface area contributed by atoms with Crippen molar-refractivity contribution >= 4 is 21.9 Å². The first-order valence-electron chi connectivity index (χ1n) is 6.40. The summed E-state index contributed by atoms with van der Waals surface area (Å²) in [5.74, 6) is -1.32. The lowest BCUT2D eigenvalue weighted by Gasteiger charge is -2.16. The number of sulfonamides is 1. The van der Waals surface area contributed by atoms with E-state index in [1.54, 1.807) is 0 Å².